The first-order valence-corrected chi connectivity index (χ1v) is 6.03. The quantitative estimate of drug-likeness (QED) is 0.767. The molecule has 1 aliphatic heterocycles. The van der Waals surface area contributed by atoms with Crippen molar-refractivity contribution in [1.82, 2.24) is 4.90 Å². The Morgan fingerprint density at radius 3 is 2.53 bits per heavy atom. The molecule has 1 rings (SSSR count). The molecule has 0 aromatic heterocycles. The van der Waals surface area contributed by atoms with Gasteiger partial charge < -0.3 is 15.7 Å². The Labute approximate surface area is 102 Å². The van der Waals surface area contributed by atoms with Crippen LogP contribution in [0.25, 0.3) is 0 Å². The Morgan fingerprint density at radius 1 is 1.53 bits per heavy atom. The molecule has 1 fully saturated rings. The Hall–Kier alpha value is -1.10. The lowest BCUT2D eigenvalue weighted by Gasteiger charge is -2.46. The first-order valence-electron chi connectivity index (χ1n) is 6.03. The molecular formula is C12H22N2O3. The number of piperidine rings is 1. The van der Waals surface area contributed by atoms with Gasteiger partial charge in [0.05, 0.1) is 6.04 Å². The molecule has 5 nitrogen and oxygen atoms in total. The van der Waals surface area contributed by atoms with E-state index in [1.807, 2.05) is 13.8 Å². The molecule has 0 spiro atoms. The van der Waals surface area contributed by atoms with E-state index in [1.54, 1.807) is 11.8 Å². The molecule has 0 aromatic carbocycles. The van der Waals surface area contributed by atoms with Crippen LogP contribution in [0, 0.1) is 5.92 Å². The number of carboxylic acids is 1. The summed E-state index contributed by atoms with van der Waals surface area (Å²) in [5.41, 5.74) is 5.32. The van der Waals surface area contributed by atoms with Gasteiger partial charge in [0.25, 0.3) is 0 Å². The number of hydrogen-bond donors (Lipinski definition) is 2. The van der Waals surface area contributed by atoms with Crippen LogP contribution in [0.1, 0.15) is 40.0 Å². The summed E-state index contributed by atoms with van der Waals surface area (Å²) in [4.78, 5) is 24.4. The third-order valence-electron chi connectivity index (χ3n) is 3.40. The average molecular weight is 242 g/mol. The predicted octanol–water partition coefficient (Wildman–Crippen LogP) is 0.825. The van der Waals surface area contributed by atoms with Crippen LogP contribution < -0.4 is 5.73 Å². The van der Waals surface area contributed by atoms with Crippen LogP contribution in [-0.2, 0) is 9.59 Å². The van der Waals surface area contributed by atoms with Crippen LogP contribution in [0.3, 0.4) is 0 Å². The summed E-state index contributed by atoms with van der Waals surface area (Å²) in [5, 5.41) is 8.80. The molecule has 98 valence electrons. The molecular weight excluding hydrogens is 220 g/mol. The van der Waals surface area contributed by atoms with Gasteiger partial charge in [-0.3, -0.25) is 9.59 Å². The van der Waals surface area contributed by atoms with E-state index in [9.17, 15) is 9.59 Å². The van der Waals surface area contributed by atoms with Crippen molar-refractivity contribution in [3.05, 3.63) is 0 Å². The molecule has 0 radical (unpaired) electrons. The molecule has 3 N–H and O–H groups in total. The highest BCUT2D eigenvalue weighted by atomic mass is 16.4. The largest absolute Gasteiger partial charge is 0.481 e. The van der Waals surface area contributed by atoms with Crippen molar-refractivity contribution in [2.45, 2.75) is 51.6 Å². The lowest BCUT2D eigenvalue weighted by molar-refractivity contribution is -0.142. The van der Waals surface area contributed by atoms with E-state index in [4.69, 9.17) is 10.8 Å². The van der Waals surface area contributed by atoms with Gasteiger partial charge in [0.15, 0.2) is 0 Å². The molecule has 1 aliphatic rings. The third kappa shape index (κ3) is 3.43. The van der Waals surface area contributed by atoms with Crippen molar-refractivity contribution < 1.29 is 14.7 Å². The number of carbonyl (C=O) groups excluding carboxylic acids is 1. The Bertz CT molecular complexity index is 313. The highest BCUT2D eigenvalue weighted by molar-refractivity contribution is 5.82. The van der Waals surface area contributed by atoms with Crippen molar-refractivity contribution in [2.75, 3.05) is 6.54 Å². The maximum absolute atomic E-state index is 11.9. The van der Waals surface area contributed by atoms with Crippen LogP contribution in [-0.4, -0.2) is 40.0 Å². The summed E-state index contributed by atoms with van der Waals surface area (Å²) < 4.78 is 0. The number of amides is 1. The van der Waals surface area contributed by atoms with Gasteiger partial charge >= 0.3 is 5.97 Å². The molecule has 0 bridgehead atoms. The van der Waals surface area contributed by atoms with Crippen LogP contribution in [0.5, 0.6) is 0 Å². The monoisotopic (exact) mass is 242 g/mol. The van der Waals surface area contributed by atoms with Gasteiger partial charge in [-0.05, 0) is 39.5 Å². The Morgan fingerprint density at radius 2 is 2.12 bits per heavy atom. The maximum atomic E-state index is 11.9. The summed E-state index contributed by atoms with van der Waals surface area (Å²) in [6.07, 6.45) is 1.65. The van der Waals surface area contributed by atoms with Crippen LogP contribution in [0.15, 0.2) is 0 Å². The van der Waals surface area contributed by atoms with Gasteiger partial charge in [-0.15, -0.1) is 0 Å². The molecule has 17 heavy (non-hydrogen) atoms. The fourth-order valence-corrected chi connectivity index (χ4v) is 2.61. The van der Waals surface area contributed by atoms with E-state index in [2.05, 4.69) is 0 Å². The minimum Gasteiger partial charge on any atom is -0.481 e. The molecule has 2 unspecified atom stereocenters. The normalized spacial score (nSPS) is 25.4. The molecule has 1 amide bonds. The van der Waals surface area contributed by atoms with Gasteiger partial charge in [-0.1, -0.05) is 0 Å². The zero-order valence-corrected chi connectivity index (χ0v) is 10.8. The minimum absolute atomic E-state index is 0.0521. The zero-order chi connectivity index (χ0) is 13.2. The molecule has 2 atom stereocenters. The molecule has 5 heteroatoms. The van der Waals surface area contributed by atoms with Gasteiger partial charge in [-0.2, -0.15) is 0 Å². The van der Waals surface area contributed by atoms with E-state index >= 15 is 0 Å². The van der Waals surface area contributed by atoms with Crippen molar-refractivity contribution in [3.8, 4) is 0 Å². The number of nitrogens with two attached hydrogens (primary N) is 1. The van der Waals surface area contributed by atoms with Crippen molar-refractivity contribution in [2.24, 2.45) is 11.7 Å². The van der Waals surface area contributed by atoms with Gasteiger partial charge in [0.2, 0.25) is 5.91 Å². The second-order valence-corrected chi connectivity index (χ2v) is 5.55. The van der Waals surface area contributed by atoms with Crippen LogP contribution in [0.4, 0.5) is 0 Å². The highest BCUT2D eigenvalue weighted by Gasteiger charge is 2.38. The second kappa shape index (κ2) is 5.04. The number of aliphatic carboxylic acids is 1. The molecule has 1 heterocycles. The molecule has 0 aromatic rings. The van der Waals surface area contributed by atoms with Crippen molar-refractivity contribution in [3.63, 3.8) is 0 Å². The average Bonchev–Trinajstić information content (AvgIpc) is 2.14. The third-order valence-corrected chi connectivity index (χ3v) is 3.40. The summed E-state index contributed by atoms with van der Waals surface area (Å²) in [6, 6.07) is -0.495. The standard InChI is InChI=1S/C12H22N2O3/c1-8(13)11(17)14-5-4-9(6-10(15)16)7-12(14,2)3/h8-9H,4-7,13H2,1-3H3,(H,15,16). The molecule has 1 saturated heterocycles. The van der Waals surface area contributed by atoms with E-state index in [0.717, 1.165) is 12.8 Å². The van der Waals surface area contributed by atoms with Crippen LogP contribution in [0.2, 0.25) is 0 Å². The number of carboxylic acid groups (broad SMARTS) is 1. The summed E-state index contributed by atoms with van der Waals surface area (Å²) in [6.45, 7) is 6.23. The molecule has 0 saturated carbocycles. The number of hydrogen-bond acceptors (Lipinski definition) is 3. The zero-order valence-electron chi connectivity index (χ0n) is 10.8. The predicted molar refractivity (Wildman–Crippen MR) is 64.4 cm³/mol. The summed E-state index contributed by atoms with van der Waals surface area (Å²) in [5.74, 6) is -0.666. The number of likely N-dealkylation sites (tertiary alicyclic amines) is 1. The topological polar surface area (TPSA) is 83.6 Å². The Balaban J connectivity index is 2.69. The Kier molecular flexibility index (Phi) is 4.14. The first-order chi connectivity index (χ1) is 7.74. The van der Waals surface area contributed by atoms with E-state index in [1.165, 1.54) is 0 Å². The van der Waals surface area contributed by atoms with Crippen LogP contribution >= 0.6 is 0 Å². The van der Waals surface area contributed by atoms with E-state index < -0.39 is 12.0 Å². The van der Waals surface area contributed by atoms with E-state index in [-0.39, 0.29) is 23.8 Å². The van der Waals surface area contributed by atoms with Crippen molar-refractivity contribution in [1.29, 1.82) is 0 Å². The first kappa shape index (κ1) is 14.0. The number of carbonyl (C=O) groups is 2. The molecule has 0 aliphatic carbocycles. The smallest absolute Gasteiger partial charge is 0.303 e. The second-order valence-electron chi connectivity index (χ2n) is 5.55. The van der Waals surface area contributed by atoms with Gasteiger partial charge in [0.1, 0.15) is 0 Å². The lowest BCUT2D eigenvalue weighted by atomic mass is 9.80. The maximum Gasteiger partial charge on any atom is 0.303 e. The fraction of sp³-hybridized carbons (Fsp3) is 0.833. The van der Waals surface area contributed by atoms with Gasteiger partial charge in [0, 0.05) is 18.5 Å². The highest BCUT2D eigenvalue weighted by Crippen LogP contribution is 2.33. The lowest BCUT2D eigenvalue weighted by Crippen LogP contribution is -2.56. The fourth-order valence-electron chi connectivity index (χ4n) is 2.61. The number of nitrogens with zero attached hydrogens (tertiary/aromatic N) is 1. The number of rotatable bonds is 3. The summed E-state index contributed by atoms with van der Waals surface area (Å²) >= 11 is 0. The summed E-state index contributed by atoms with van der Waals surface area (Å²) in [7, 11) is 0. The van der Waals surface area contributed by atoms with Gasteiger partial charge in [-0.25, -0.2) is 0 Å². The van der Waals surface area contributed by atoms with E-state index in [0.29, 0.717) is 6.54 Å². The minimum atomic E-state index is -0.766. The van der Waals surface area contributed by atoms with Crippen molar-refractivity contribution >= 4 is 11.9 Å². The SMILES string of the molecule is CC(N)C(=O)N1CCC(CC(=O)O)CC1(C)C.